The van der Waals surface area contributed by atoms with Crippen LogP contribution in [-0.2, 0) is 47.0 Å². The van der Waals surface area contributed by atoms with E-state index in [0.717, 1.165) is 6.42 Å². The highest BCUT2D eigenvalue weighted by molar-refractivity contribution is 7.90. The molecule has 1 saturated carbocycles. The second-order valence-electron chi connectivity index (χ2n) is 15.2. The molecule has 0 aromatic heterocycles. The number of likely N-dealkylation sites (tertiary alicyclic amines) is 1. The summed E-state index contributed by atoms with van der Waals surface area (Å²) in [5.41, 5.74) is -1.42. The van der Waals surface area contributed by atoms with Crippen LogP contribution in [0.25, 0.3) is 0 Å². The standard InChI is InChI=1S/C36H52FN5O9S/c1-8-10-11-14-24-17-36(24,32(45)40-52(48,49)21-22(3)4)39-30(43)29-16-25(50-34(47)41-18-23-13-12-15-27(37)26(23)20-41)19-42(29)31(44)28(9-2)38-33(46)51-35(5,6)7/h11-15,22,24-25,28-29H,8-10,16-21H2,1-7H3,(H,38,46)(H,39,43)(H,40,45)/b14-11-/t24-,25-,28+,29+,36-/m1/s1. The number of carbonyl (C=O) groups excluding carboxylic acids is 5. The lowest BCUT2D eigenvalue weighted by Gasteiger charge is -2.30. The first-order valence-electron chi connectivity index (χ1n) is 17.8. The van der Waals surface area contributed by atoms with E-state index in [2.05, 4.69) is 15.4 Å². The Kier molecular flexibility index (Phi) is 12.6. The van der Waals surface area contributed by atoms with Crippen LogP contribution in [0.2, 0.25) is 0 Å². The third-order valence-corrected chi connectivity index (χ3v) is 10.7. The maximum Gasteiger partial charge on any atom is 0.410 e. The zero-order valence-corrected chi connectivity index (χ0v) is 31.8. The lowest BCUT2D eigenvalue weighted by Crippen LogP contribution is -2.58. The molecule has 1 aliphatic carbocycles. The predicted molar refractivity (Wildman–Crippen MR) is 189 cm³/mol. The molecule has 16 heteroatoms. The van der Waals surface area contributed by atoms with Crippen molar-refractivity contribution in [2.45, 2.75) is 123 Å². The minimum atomic E-state index is -4.02. The summed E-state index contributed by atoms with van der Waals surface area (Å²) >= 11 is 0. The van der Waals surface area contributed by atoms with Crippen LogP contribution in [-0.4, -0.2) is 89.8 Å². The Morgan fingerprint density at radius 3 is 2.44 bits per heavy atom. The Bertz CT molecular complexity index is 1680. The molecule has 0 radical (unpaired) electrons. The number of rotatable bonds is 13. The van der Waals surface area contributed by atoms with Gasteiger partial charge in [0, 0.05) is 24.4 Å². The van der Waals surface area contributed by atoms with Crippen LogP contribution in [0, 0.1) is 17.7 Å². The topological polar surface area (TPSA) is 181 Å². The fraction of sp³-hybridized carbons (Fsp3) is 0.639. The number of ether oxygens (including phenoxy) is 2. The Balaban J connectivity index is 1.58. The molecule has 52 heavy (non-hydrogen) atoms. The molecular weight excluding hydrogens is 697 g/mol. The summed E-state index contributed by atoms with van der Waals surface area (Å²) in [6, 6.07) is 2.21. The van der Waals surface area contributed by atoms with Crippen molar-refractivity contribution in [3.05, 3.63) is 47.3 Å². The SMILES string of the molecule is CCC/C=C\[C@@H]1C[C@]1(NC(=O)[C@@H]1C[C@@H](OC(=O)N2Cc3cccc(F)c3C2)CN1C(=O)[C@H](CC)NC(=O)OC(C)(C)C)C(=O)NS(=O)(=O)CC(C)C. The number of sulfonamides is 1. The maximum absolute atomic E-state index is 14.4. The quantitative estimate of drug-likeness (QED) is 0.252. The zero-order chi connectivity index (χ0) is 38.6. The number of halogens is 1. The number of allylic oxidation sites excluding steroid dienone is 1. The lowest BCUT2D eigenvalue weighted by atomic mass is 10.1. The molecule has 1 saturated heterocycles. The first kappa shape index (κ1) is 40.6. The number of amides is 5. The Morgan fingerprint density at radius 1 is 1.12 bits per heavy atom. The summed E-state index contributed by atoms with van der Waals surface area (Å²) in [5.74, 6) is -3.79. The van der Waals surface area contributed by atoms with Gasteiger partial charge in [0.2, 0.25) is 21.8 Å². The first-order chi connectivity index (χ1) is 24.3. The van der Waals surface area contributed by atoms with Crippen LogP contribution < -0.4 is 15.4 Å². The summed E-state index contributed by atoms with van der Waals surface area (Å²) in [6.07, 6.45) is 2.73. The molecular formula is C36H52FN5O9S. The van der Waals surface area contributed by atoms with Crippen molar-refractivity contribution >= 4 is 39.9 Å². The van der Waals surface area contributed by atoms with Gasteiger partial charge >= 0.3 is 12.2 Å². The van der Waals surface area contributed by atoms with E-state index in [1.165, 1.54) is 15.9 Å². The number of alkyl carbamates (subject to hydrolysis) is 1. The number of unbranched alkanes of at least 4 members (excludes halogenated alkanes) is 1. The van der Waals surface area contributed by atoms with Crippen molar-refractivity contribution in [2.24, 2.45) is 11.8 Å². The average Bonchev–Trinajstić information content (AvgIpc) is 3.33. The predicted octanol–water partition coefficient (Wildman–Crippen LogP) is 3.88. The van der Waals surface area contributed by atoms with E-state index in [-0.39, 0.29) is 50.6 Å². The lowest BCUT2D eigenvalue weighted by molar-refractivity contribution is -0.141. The number of fused-ring (bicyclic) bond motifs is 1. The maximum atomic E-state index is 14.4. The molecule has 4 rings (SSSR count). The molecule has 2 aliphatic heterocycles. The van der Waals surface area contributed by atoms with E-state index >= 15 is 0 Å². The van der Waals surface area contributed by atoms with E-state index in [1.54, 1.807) is 59.8 Å². The number of benzene rings is 1. The third kappa shape index (κ3) is 10.0. The molecule has 288 valence electrons. The van der Waals surface area contributed by atoms with Crippen molar-refractivity contribution in [1.29, 1.82) is 0 Å². The monoisotopic (exact) mass is 749 g/mol. The molecule has 3 N–H and O–H groups in total. The second kappa shape index (κ2) is 16.2. The summed E-state index contributed by atoms with van der Waals surface area (Å²) in [6.45, 7) is 12.0. The van der Waals surface area contributed by atoms with Gasteiger partial charge < -0.3 is 25.0 Å². The van der Waals surface area contributed by atoms with Gasteiger partial charge in [-0.1, -0.05) is 58.4 Å². The van der Waals surface area contributed by atoms with Gasteiger partial charge in [0.25, 0.3) is 5.91 Å². The number of hydrogen-bond acceptors (Lipinski definition) is 9. The number of hydrogen-bond donors (Lipinski definition) is 3. The normalized spacial score (nSPS) is 23.3. The van der Waals surface area contributed by atoms with Crippen LogP contribution >= 0.6 is 0 Å². The van der Waals surface area contributed by atoms with Gasteiger partial charge in [-0.25, -0.2) is 22.4 Å². The fourth-order valence-electron chi connectivity index (χ4n) is 6.52. The van der Waals surface area contributed by atoms with Gasteiger partial charge in [0.05, 0.1) is 18.8 Å². The summed E-state index contributed by atoms with van der Waals surface area (Å²) in [7, 11) is -4.02. The Morgan fingerprint density at radius 2 is 1.83 bits per heavy atom. The Hall–Kier alpha value is -4.21. The van der Waals surface area contributed by atoms with Crippen molar-refractivity contribution in [3.63, 3.8) is 0 Å². The zero-order valence-electron chi connectivity index (χ0n) is 31.0. The van der Waals surface area contributed by atoms with Crippen molar-refractivity contribution in [1.82, 2.24) is 25.2 Å². The minimum Gasteiger partial charge on any atom is -0.444 e. The average molecular weight is 750 g/mol. The molecule has 1 aromatic carbocycles. The number of nitrogens with zero attached hydrogens (tertiary/aromatic N) is 2. The van der Waals surface area contributed by atoms with E-state index < -0.39 is 81.0 Å². The van der Waals surface area contributed by atoms with E-state index in [4.69, 9.17) is 9.47 Å². The fourth-order valence-corrected chi connectivity index (χ4v) is 7.94. The highest BCUT2D eigenvalue weighted by Crippen LogP contribution is 2.45. The third-order valence-electron chi connectivity index (χ3n) is 9.09. The van der Waals surface area contributed by atoms with Crippen LogP contribution in [0.3, 0.4) is 0 Å². The molecule has 1 aromatic rings. The smallest absolute Gasteiger partial charge is 0.410 e. The Labute approximate surface area is 305 Å². The van der Waals surface area contributed by atoms with Gasteiger partial charge in [0.15, 0.2) is 0 Å². The summed E-state index contributed by atoms with van der Waals surface area (Å²) < 4.78 is 53.2. The number of nitrogens with one attached hydrogen (secondary N) is 3. The molecule has 0 unspecified atom stereocenters. The molecule has 2 heterocycles. The van der Waals surface area contributed by atoms with Gasteiger partial charge in [-0.3, -0.25) is 24.0 Å². The highest BCUT2D eigenvalue weighted by Gasteiger charge is 2.61. The molecule has 2 fully saturated rings. The van der Waals surface area contributed by atoms with E-state index in [0.29, 0.717) is 17.5 Å². The molecule has 5 amide bonds. The van der Waals surface area contributed by atoms with Crippen molar-refractivity contribution < 1.29 is 46.3 Å². The van der Waals surface area contributed by atoms with Gasteiger partial charge in [-0.15, -0.1) is 0 Å². The van der Waals surface area contributed by atoms with Crippen LogP contribution in [0.5, 0.6) is 0 Å². The van der Waals surface area contributed by atoms with Gasteiger partial charge in [-0.2, -0.15) is 0 Å². The summed E-state index contributed by atoms with van der Waals surface area (Å²) in [4.78, 5) is 70.3. The minimum absolute atomic E-state index is 0.0118. The molecule has 3 aliphatic rings. The summed E-state index contributed by atoms with van der Waals surface area (Å²) in [5, 5.41) is 5.31. The van der Waals surface area contributed by atoms with Crippen LogP contribution in [0.4, 0.5) is 14.0 Å². The molecule has 14 nitrogen and oxygen atoms in total. The highest BCUT2D eigenvalue weighted by atomic mass is 32.2. The molecule has 0 spiro atoms. The van der Waals surface area contributed by atoms with E-state index in [9.17, 15) is 36.8 Å². The molecule has 0 bridgehead atoms. The largest absolute Gasteiger partial charge is 0.444 e. The second-order valence-corrected chi connectivity index (χ2v) is 16.9. The van der Waals surface area contributed by atoms with Gasteiger partial charge in [-0.05, 0) is 57.6 Å². The first-order valence-corrected chi connectivity index (χ1v) is 19.5. The van der Waals surface area contributed by atoms with Gasteiger partial charge in [0.1, 0.15) is 35.1 Å². The van der Waals surface area contributed by atoms with Crippen LogP contribution in [0.15, 0.2) is 30.4 Å². The number of carbonyl (C=O) groups is 5. The van der Waals surface area contributed by atoms with Crippen molar-refractivity contribution in [3.8, 4) is 0 Å². The molecule has 5 atom stereocenters. The van der Waals surface area contributed by atoms with E-state index in [1.807, 2.05) is 13.0 Å². The van der Waals surface area contributed by atoms with Crippen LogP contribution in [0.1, 0.15) is 91.7 Å². The van der Waals surface area contributed by atoms with Crippen molar-refractivity contribution in [2.75, 3.05) is 12.3 Å².